The minimum atomic E-state index is -0.168. The molecule has 1 aliphatic carbocycles. The molecule has 0 saturated heterocycles. The molecule has 3 N–H and O–H groups in total. The van der Waals surface area contributed by atoms with Crippen molar-refractivity contribution in [2.24, 2.45) is 5.92 Å². The van der Waals surface area contributed by atoms with Crippen molar-refractivity contribution in [2.45, 2.75) is 52.5 Å². The molecule has 0 radical (unpaired) electrons. The smallest absolute Gasteiger partial charge is 0.269 e. The highest BCUT2D eigenvalue weighted by Gasteiger charge is 2.21. The van der Waals surface area contributed by atoms with Crippen molar-refractivity contribution >= 4 is 23.2 Å². The summed E-state index contributed by atoms with van der Waals surface area (Å²) < 4.78 is 0. The summed E-state index contributed by atoms with van der Waals surface area (Å²) in [6.45, 7) is 6.19. The van der Waals surface area contributed by atoms with Crippen molar-refractivity contribution in [1.82, 2.24) is 16.2 Å². The summed E-state index contributed by atoms with van der Waals surface area (Å²) in [4.78, 5) is 12.2. The van der Waals surface area contributed by atoms with Gasteiger partial charge in [-0.15, -0.1) is 0 Å². The Labute approximate surface area is 138 Å². The maximum absolute atomic E-state index is 12.2. The molecular weight excluding hydrogens is 294 g/mol. The van der Waals surface area contributed by atoms with E-state index < -0.39 is 0 Å². The van der Waals surface area contributed by atoms with Crippen molar-refractivity contribution < 1.29 is 4.79 Å². The topological polar surface area (TPSA) is 53.2 Å². The lowest BCUT2D eigenvalue weighted by atomic mass is 9.86. The second kappa shape index (κ2) is 7.58. The van der Waals surface area contributed by atoms with E-state index in [1.165, 1.54) is 19.3 Å². The number of nitrogens with one attached hydrogen (secondary N) is 3. The lowest BCUT2D eigenvalue weighted by molar-refractivity contribution is 0.0942. The molecule has 0 spiro atoms. The molecule has 1 saturated carbocycles. The third-order valence-corrected chi connectivity index (χ3v) is 4.56. The third kappa shape index (κ3) is 4.44. The molecule has 2 rings (SSSR count). The first-order chi connectivity index (χ1) is 10.5. The first-order valence-electron chi connectivity index (χ1n) is 7.91. The van der Waals surface area contributed by atoms with Crippen LogP contribution in [0.2, 0.25) is 0 Å². The van der Waals surface area contributed by atoms with Crippen LogP contribution in [0.1, 0.15) is 54.1 Å². The SMILES string of the molecule is Cc1ccc(C(=O)NNC(=S)N[C@H]2CCCC[C@@H]2C)c(C)c1. The molecule has 1 aromatic carbocycles. The van der Waals surface area contributed by atoms with Crippen LogP contribution in [0.3, 0.4) is 0 Å². The van der Waals surface area contributed by atoms with Crippen LogP contribution in [-0.2, 0) is 0 Å². The number of amides is 1. The van der Waals surface area contributed by atoms with Gasteiger partial charge in [0.15, 0.2) is 5.11 Å². The van der Waals surface area contributed by atoms with Gasteiger partial charge in [-0.25, -0.2) is 0 Å². The average Bonchev–Trinajstić information content (AvgIpc) is 2.47. The first-order valence-corrected chi connectivity index (χ1v) is 8.32. The predicted octanol–water partition coefficient (Wildman–Crippen LogP) is 2.99. The van der Waals surface area contributed by atoms with Gasteiger partial charge in [0.2, 0.25) is 0 Å². The number of carbonyl (C=O) groups excluding carboxylic acids is 1. The van der Waals surface area contributed by atoms with Gasteiger partial charge in [0.1, 0.15) is 0 Å². The largest absolute Gasteiger partial charge is 0.358 e. The molecule has 1 aromatic rings. The normalized spacial score (nSPS) is 21.0. The molecule has 2 atom stereocenters. The zero-order valence-corrected chi connectivity index (χ0v) is 14.3. The number of thiocarbonyl (C=S) groups is 1. The Kier molecular flexibility index (Phi) is 5.77. The lowest BCUT2D eigenvalue weighted by Gasteiger charge is -2.30. The molecule has 5 heteroatoms. The molecular formula is C17H25N3OS. The number of hydrogen-bond donors (Lipinski definition) is 3. The monoisotopic (exact) mass is 319 g/mol. The molecule has 120 valence electrons. The number of rotatable bonds is 2. The van der Waals surface area contributed by atoms with Gasteiger partial charge in [-0.2, -0.15) is 0 Å². The van der Waals surface area contributed by atoms with Crippen LogP contribution in [0.15, 0.2) is 18.2 Å². The van der Waals surface area contributed by atoms with Gasteiger partial charge in [0, 0.05) is 11.6 Å². The fraction of sp³-hybridized carbons (Fsp3) is 0.529. The van der Waals surface area contributed by atoms with Gasteiger partial charge in [0.05, 0.1) is 0 Å². The van der Waals surface area contributed by atoms with E-state index in [0.29, 0.717) is 22.6 Å². The van der Waals surface area contributed by atoms with Crippen molar-refractivity contribution in [3.63, 3.8) is 0 Å². The lowest BCUT2D eigenvalue weighted by Crippen LogP contribution is -2.51. The summed E-state index contributed by atoms with van der Waals surface area (Å²) in [6, 6.07) is 6.16. The molecule has 0 aliphatic heterocycles. The number of hydrazine groups is 1. The highest BCUT2D eigenvalue weighted by atomic mass is 32.1. The van der Waals surface area contributed by atoms with Gasteiger partial charge in [-0.1, -0.05) is 37.5 Å². The maximum Gasteiger partial charge on any atom is 0.269 e. The van der Waals surface area contributed by atoms with Crippen LogP contribution in [0, 0.1) is 19.8 Å². The summed E-state index contributed by atoms with van der Waals surface area (Å²) in [7, 11) is 0. The molecule has 0 aromatic heterocycles. The highest BCUT2D eigenvalue weighted by Crippen LogP contribution is 2.23. The van der Waals surface area contributed by atoms with Gasteiger partial charge in [-0.05, 0) is 56.5 Å². The van der Waals surface area contributed by atoms with Crippen LogP contribution in [0.4, 0.5) is 0 Å². The fourth-order valence-corrected chi connectivity index (χ4v) is 3.19. The van der Waals surface area contributed by atoms with Gasteiger partial charge in [-0.3, -0.25) is 15.6 Å². The first kappa shape index (κ1) is 16.7. The molecule has 1 fully saturated rings. The van der Waals surface area contributed by atoms with Crippen LogP contribution in [0.5, 0.6) is 0 Å². The molecule has 0 bridgehead atoms. The predicted molar refractivity (Wildman–Crippen MR) is 93.7 cm³/mol. The zero-order chi connectivity index (χ0) is 16.1. The van der Waals surface area contributed by atoms with Gasteiger partial charge < -0.3 is 5.32 Å². The molecule has 22 heavy (non-hydrogen) atoms. The van der Waals surface area contributed by atoms with Crippen molar-refractivity contribution in [2.75, 3.05) is 0 Å². The third-order valence-electron chi connectivity index (χ3n) is 4.34. The Hall–Kier alpha value is -1.62. The fourth-order valence-electron chi connectivity index (χ4n) is 2.98. The standard InChI is InChI=1S/C17H25N3OS/c1-11-8-9-14(13(3)10-11)16(21)19-20-17(22)18-15-7-5-4-6-12(15)2/h8-10,12,15H,4-7H2,1-3H3,(H,19,21)(H2,18,20,22)/t12-,15-/m0/s1. The summed E-state index contributed by atoms with van der Waals surface area (Å²) >= 11 is 5.27. The Morgan fingerprint density at radius 2 is 1.91 bits per heavy atom. The summed E-state index contributed by atoms with van der Waals surface area (Å²) in [5.41, 5.74) is 8.24. The summed E-state index contributed by atoms with van der Waals surface area (Å²) in [5, 5.41) is 3.79. The van der Waals surface area contributed by atoms with E-state index >= 15 is 0 Å². The summed E-state index contributed by atoms with van der Waals surface area (Å²) in [6.07, 6.45) is 4.89. The second-order valence-corrected chi connectivity index (χ2v) is 6.65. The van der Waals surface area contributed by atoms with Crippen molar-refractivity contribution in [3.8, 4) is 0 Å². The Bertz CT molecular complexity index is 559. The Morgan fingerprint density at radius 3 is 2.59 bits per heavy atom. The number of aryl methyl sites for hydroxylation is 2. The highest BCUT2D eigenvalue weighted by molar-refractivity contribution is 7.80. The summed E-state index contributed by atoms with van der Waals surface area (Å²) in [5.74, 6) is 0.446. The van der Waals surface area contributed by atoms with Crippen LogP contribution in [-0.4, -0.2) is 17.1 Å². The Balaban J connectivity index is 1.84. The average molecular weight is 319 g/mol. The van der Waals surface area contributed by atoms with E-state index in [4.69, 9.17) is 12.2 Å². The van der Waals surface area contributed by atoms with Crippen LogP contribution < -0.4 is 16.2 Å². The van der Waals surface area contributed by atoms with Crippen LogP contribution >= 0.6 is 12.2 Å². The van der Waals surface area contributed by atoms with Gasteiger partial charge in [0.25, 0.3) is 5.91 Å². The van der Waals surface area contributed by atoms with E-state index in [2.05, 4.69) is 23.1 Å². The minimum absolute atomic E-state index is 0.168. The van der Waals surface area contributed by atoms with E-state index in [1.807, 2.05) is 32.0 Å². The zero-order valence-electron chi connectivity index (χ0n) is 13.5. The number of benzene rings is 1. The molecule has 1 aliphatic rings. The minimum Gasteiger partial charge on any atom is -0.358 e. The van der Waals surface area contributed by atoms with E-state index in [1.54, 1.807) is 0 Å². The number of carbonyl (C=O) groups is 1. The quantitative estimate of drug-likeness (QED) is 0.579. The molecule has 0 unspecified atom stereocenters. The van der Waals surface area contributed by atoms with Crippen molar-refractivity contribution in [1.29, 1.82) is 0 Å². The number of hydrogen-bond acceptors (Lipinski definition) is 2. The van der Waals surface area contributed by atoms with E-state index in [9.17, 15) is 4.79 Å². The van der Waals surface area contributed by atoms with E-state index in [-0.39, 0.29) is 5.91 Å². The maximum atomic E-state index is 12.2. The van der Waals surface area contributed by atoms with E-state index in [0.717, 1.165) is 17.5 Å². The van der Waals surface area contributed by atoms with Gasteiger partial charge >= 0.3 is 0 Å². The second-order valence-electron chi connectivity index (χ2n) is 6.24. The van der Waals surface area contributed by atoms with Crippen molar-refractivity contribution in [3.05, 3.63) is 34.9 Å². The molecule has 1 amide bonds. The van der Waals surface area contributed by atoms with Crippen LogP contribution in [0.25, 0.3) is 0 Å². The Morgan fingerprint density at radius 1 is 1.18 bits per heavy atom. The molecule has 0 heterocycles. The molecule has 4 nitrogen and oxygen atoms in total.